The van der Waals surface area contributed by atoms with Gasteiger partial charge >= 0.3 is 0 Å². The maximum absolute atomic E-state index is 6.17. The van der Waals surface area contributed by atoms with Crippen LogP contribution in [0.5, 0.6) is 28.9 Å². The van der Waals surface area contributed by atoms with Crippen LogP contribution in [0, 0.1) is 6.92 Å². The first-order chi connectivity index (χ1) is 14.0. The fraction of sp³-hybridized carbons (Fsp3) is 0.227. The molecule has 0 amide bonds. The standard InChI is InChI=1S/C22H23N3O4/c1-12-20(24-14-5-7-15(26-2)8-6-14)16-9-13-10-18(27-3)19(28-4)11-17(13)29-22(16)25-21(12)23/h5-8,10-11H,9H2,1-4H3,(H3,23,24,25). The number of rotatable bonds is 5. The number of benzene rings is 2. The maximum Gasteiger partial charge on any atom is 0.226 e. The van der Waals surface area contributed by atoms with Gasteiger partial charge in [-0.25, -0.2) is 0 Å². The lowest BCUT2D eigenvalue weighted by atomic mass is 9.98. The van der Waals surface area contributed by atoms with Crippen molar-refractivity contribution in [2.24, 2.45) is 0 Å². The molecule has 0 aliphatic carbocycles. The van der Waals surface area contributed by atoms with Crippen LogP contribution >= 0.6 is 0 Å². The second-order valence-corrected chi connectivity index (χ2v) is 6.73. The number of pyridine rings is 1. The van der Waals surface area contributed by atoms with Gasteiger partial charge in [-0.2, -0.15) is 4.98 Å². The van der Waals surface area contributed by atoms with Crippen molar-refractivity contribution in [2.45, 2.75) is 13.3 Å². The van der Waals surface area contributed by atoms with E-state index in [4.69, 9.17) is 24.7 Å². The van der Waals surface area contributed by atoms with Crippen LogP contribution in [0.4, 0.5) is 17.2 Å². The molecule has 0 bridgehead atoms. The molecule has 0 unspecified atom stereocenters. The first-order valence-corrected chi connectivity index (χ1v) is 9.16. The first-order valence-electron chi connectivity index (χ1n) is 9.16. The fourth-order valence-electron chi connectivity index (χ4n) is 3.39. The molecule has 1 aliphatic heterocycles. The molecule has 7 nitrogen and oxygen atoms in total. The average molecular weight is 393 g/mol. The second-order valence-electron chi connectivity index (χ2n) is 6.73. The highest BCUT2D eigenvalue weighted by atomic mass is 16.5. The zero-order chi connectivity index (χ0) is 20.5. The summed E-state index contributed by atoms with van der Waals surface area (Å²) in [6.45, 7) is 1.94. The zero-order valence-electron chi connectivity index (χ0n) is 16.8. The molecule has 0 fully saturated rings. The molecule has 1 aromatic heterocycles. The smallest absolute Gasteiger partial charge is 0.226 e. The molecule has 0 saturated carbocycles. The van der Waals surface area contributed by atoms with Gasteiger partial charge in [0, 0.05) is 34.9 Å². The van der Waals surface area contributed by atoms with Gasteiger partial charge in [-0.15, -0.1) is 0 Å². The number of nitrogens with two attached hydrogens (primary N) is 1. The van der Waals surface area contributed by atoms with E-state index in [1.165, 1.54) is 0 Å². The van der Waals surface area contributed by atoms with Gasteiger partial charge in [-0.1, -0.05) is 0 Å². The topological polar surface area (TPSA) is 87.9 Å². The van der Waals surface area contributed by atoms with Gasteiger partial charge in [0.25, 0.3) is 0 Å². The van der Waals surface area contributed by atoms with Crippen LogP contribution in [0.1, 0.15) is 16.7 Å². The number of fused-ring (bicyclic) bond motifs is 2. The molecule has 0 radical (unpaired) electrons. The summed E-state index contributed by atoms with van der Waals surface area (Å²) in [5.41, 5.74) is 10.8. The van der Waals surface area contributed by atoms with E-state index in [0.717, 1.165) is 33.8 Å². The van der Waals surface area contributed by atoms with E-state index < -0.39 is 0 Å². The Hall–Kier alpha value is -3.61. The van der Waals surface area contributed by atoms with Crippen molar-refractivity contribution in [1.29, 1.82) is 0 Å². The molecule has 2 heterocycles. The number of ether oxygens (including phenoxy) is 4. The summed E-state index contributed by atoms with van der Waals surface area (Å²) >= 11 is 0. The lowest BCUT2D eigenvalue weighted by Crippen LogP contribution is -2.12. The number of aromatic nitrogens is 1. The highest BCUT2D eigenvalue weighted by molar-refractivity contribution is 5.75. The largest absolute Gasteiger partial charge is 0.497 e. The lowest BCUT2D eigenvalue weighted by molar-refractivity contribution is 0.349. The Balaban J connectivity index is 1.76. The Morgan fingerprint density at radius 3 is 2.34 bits per heavy atom. The summed E-state index contributed by atoms with van der Waals surface area (Å²) < 4.78 is 22.1. The van der Waals surface area contributed by atoms with Gasteiger partial charge in [-0.05, 0) is 37.3 Å². The Bertz CT molecular complexity index is 1060. The third kappa shape index (κ3) is 3.35. The Labute approximate surface area is 169 Å². The summed E-state index contributed by atoms with van der Waals surface area (Å²) in [4.78, 5) is 4.46. The van der Waals surface area contributed by atoms with Crippen molar-refractivity contribution in [3.05, 3.63) is 53.1 Å². The molecule has 29 heavy (non-hydrogen) atoms. The monoisotopic (exact) mass is 393 g/mol. The predicted octanol–water partition coefficient (Wildman–Crippen LogP) is 4.44. The van der Waals surface area contributed by atoms with E-state index in [-0.39, 0.29) is 0 Å². The average Bonchev–Trinajstić information content (AvgIpc) is 2.75. The molecule has 3 aromatic rings. The first kappa shape index (κ1) is 18.7. The number of hydrogen-bond acceptors (Lipinski definition) is 7. The van der Waals surface area contributed by atoms with Crippen LogP contribution in [0.2, 0.25) is 0 Å². The predicted molar refractivity (Wildman–Crippen MR) is 112 cm³/mol. The molecule has 0 saturated heterocycles. The van der Waals surface area contributed by atoms with E-state index in [1.54, 1.807) is 21.3 Å². The minimum absolute atomic E-state index is 0.420. The van der Waals surface area contributed by atoms with E-state index in [0.29, 0.717) is 35.4 Å². The lowest BCUT2D eigenvalue weighted by Gasteiger charge is -2.25. The normalized spacial score (nSPS) is 11.7. The van der Waals surface area contributed by atoms with Crippen molar-refractivity contribution in [1.82, 2.24) is 4.98 Å². The van der Waals surface area contributed by atoms with Crippen LogP contribution in [-0.4, -0.2) is 26.3 Å². The van der Waals surface area contributed by atoms with Crippen molar-refractivity contribution in [3.8, 4) is 28.9 Å². The van der Waals surface area contributed by atoms with Crippen molar-refractivity contribution in [3.63, 3.8) is 0 Å². The maximum atomic E-state index is 6.17. The van der Waals surface area contributed by atoms with Crippen molar-refractivity contribution in [2.75, 3.05) is 32.4 Å². The molecule has 0 spiro atoms. The zero-order valence-corrected chi connectivity index (χ0v) is 16.8. The number of methoxy groups -OCH3 is 3. The van der Waals surface area contributed by atoms with E-state index in [2.05, 4.69) is 10.3 Å². The second kappa shape index (κ2) is 7.43. The summed E-state index contributed by atoms with van der Waals surface area (Å²) in [5.74, 6) is 3.64. The van der Waals surface area contributed by atoms with E-state index in [1.807, 2.05) is 43.3 Å². The fourth-order valence-corrected chi connectivity index (χ4v) is 3.39. The van der Waals surface area contributed by atoms with Gasteiger partial charge in [0.05, 0.1) is 27.0 Å². The highest BCUT2D eigenvalue weighted by Gasteiger charge is 2.26. The van der Waals surface area contributed by atoms with Crippen LogP contribution in [-0.2, 0) is 6.42 Å². The molecule has 3 N–H and O–H groups in total. The van der Waals surface area contributed by atoms with Crippen molar-refractivity contribution >= 4 is 17.2 Å². The summed E-state index contributed by atoms with van der Waals surface area (Å²) in [6.07, 6.45) is 0.623. The number of nitrogens with one attached hydrogen (secondary N) is 1. The van der Waals surface area contributed by atoms with E-state index in [9.17, 15) is 0 Å². The Morgan fingerprint density at radius 1 is 1.00 bits per heavy atom. The minimum Gasteiger partial charge on any atom is -0.497 e. The molecular formula is C22H23N3O4. The Kier molecular flexibility index (Phi) is 4.80. The third-order valence-electron chi connectivity index (χ3n) is 5.04. The molecule has 1 aliphatic rings. The molecule has 2 aromatic carbocycles. The minimum atomic E-state index is 0.420. The number of anilines is 3. The van der Waals surface area contributed by atoms with Crippen LogP contribution in [0.25, 0.3) is 0 Å². The quantitative estimate of drug-likeness (QED) is 0.518. The molecular weight excluding hydrogens is 370 g/mol. The SMILES string of the molecule is COc1ccc(Nc2c(C)c(N)nc3c2Cc2cc(OC)c(OC)cc2O3)cc1. The summed E-state index contributed by atoms with van der Waals surface area (Å²) in [5, 5.41) is 3.46. The van der Waals surface area contributed by atoms with Gasteiger partial charge in [-0.3, -0.25) is 0 Å². The molecule has 0 atom stereocenters. The summed E-state index contributed by atoms with van der Waals surface area (Å²) in [7, 11) is 4.85. The Morgan fingerprint density at radius 2 is 1.69 bits per heavy atom. The number of nitrogen functional groups attached to an aromatic ring is 1. The molecule has 7 heteroatoms. The van der Waals surface area contributed by atoms with Gasteiger partial charge in [0.1, 0.15) is 17.3 Å². The summed E-state index contributed by atoms with van der Waals surface area (Å²) in [6, 6.07) is 11.4. The highest BCUT2D eigenvalue weighted by Crippen LogP contribution is 2.45. The van der Waals surface area contributed by atoms with Crippen LogP contribution in [0.3, 0.4) is 0 Å². The van der Waals surface area contributed by atoms with Crippen molar-refractivity contribution < 1.29 is 18.9 Å². The number of hydrogen-bond donors (Lipinski definition) is 2. The van der Waals surface area contributed by atoms with E-state index >= 15 is 0 Å². The van der Waals surface area contributed by atoms with Gasteiger partial charge < -0.3 is 30.0 Å². The number of nitrogens with zero attached hydrogens (tertiary/aromatic N) is 1. The molecule has 150 valence electrons. The third-order valence-corrected chi connectivity index (χ3v) is 5.04. The van der Waals surface area contributed by atoms with Crippen LogP contribution in [0.15, 0.2) is 36.4 Å². The van der Waals surface area contributed by atoms with Crippen LogP contribution < -0.4 is 30.0 Å². The van der Waals surface area contributed by atoms with Gasteiger partial charge in [0.15, 0.2) is 11.5 Å². The van der Waals surface area contributed by atoms with Gasteiger partial charge in [0.2, 0.25) is 5.88 Å². The molecule has 4 rings (SSSR count).